The number of aliphatic hydroxyl groups excluding tert-OH is 1. The summed E-state index contributed by atoms with van der Waals surface area (Å²) in [6, 6.07) is -0.845. The fourth-order valence-electron chi connectivity index (χ4n) is 3.37. The Bertz CT molecular complexity index is 449. The van der Waals surface area contributed by atoms with Gasteiger partial charge >= 0.3 is 29.6 Å². The largest absolute Gasteiger partial charge is 1.00 e. The molecular formula is C20H37N2NaO4. The van der Waals surface area contributed by atoms with Crippen molar-refractivity contribution >= 4 is 17.8 Å². The quantitative estimate of drug-likeness (QED) is 0.292. The number of carbonyl (C=O) groups excluding carboxylic acids is 2. The first-order chi connectivity index (χ1) is 12.4. The fraction of sp³-hybridized carbons (Fsp3) is 0.850. The molecule has 0 aromatic heterocycles. The number of hydrogen-bond donors (Lipinski definition) is 2. The van der Waals surface area contributed by atoms with Crippen LogP contribution in [0.2, 0.25) is 0 Å². The molecule has 1 aliphatic heterocycles. The SMILES string of the molecule is CCCC(C)C1(CC)C(=O)N=C([O-])NC1=O.CCCCCCCCCO.[Na+]. The molecule has 0 fully saturated rings. The van der Waals surface area contributed by atoms with E-state index >= 15 is 0 Å². The Balaban J connectivity index is 0. The number of nitrogens with zero attached hydrogens (tertiary/aromatic N) is 1. The summed E-state index contributed by atoms with van der Waals surface area (Å²) in [5, 5.41) is 21.5. The predicted octanol–water partition coefficient (Wildman–Crippen LogP) is -0.0750. The van der Waals surface area contributed by atoms with Gasteiger partial charge in [0, 0.05) is 6.61 Å². The molecule has 152 valence electrons. The Labute approximate surface area is 186 Å². The Morgan fingerprint density at radius 1 is 1.04 bits per heavy atom. The van der Waals surface area contributed by atoms with E-state index in [0.717, 1.165) is 19.3 Å². The molecule has 1 rings (SSSR count). The number of rotatable bonds is 11. The van der Waals surface area contributed by atoms with Crippen molar-refractivity contribution in [3.05, 3.63) is 0 Å². The Morgan fingerprint density at radius 3 is 2.04 bits per heavy atom. The number of aliphatic hydroxyl groups is 1. The minimum absolute atomic E-state index is 0. The second-order valence-corrected chi connectivity index (χ2v) is 7.04. The summed E-state index contributed by atoms with van der Waals surface area (Å²) in [4.78, 5) is 27.1. The van der Waals surface area contributed by atoms with Gasteiger partial charge in [-0.3, -0.25) is 9.59 Å². The van der Waals surface area contributed by atoms with Crippen molar-refractivity contribution in [3.8, 4) is 0 Å². The summed E-state index contributed by atoms with van der Waals surface area (Å²) in [6.07, 6.45) is 10.9. The van der Waals surface area contributed by atoms with Gasteiger partial charge in [-0.05, 0) is 25.2 Å². The standard InChI is InChI=1S/C11H18N2O3.C9H20O.Na/c1-4-6-7(3)11(5-2)8(14)12-10(16)13-9(11)15;1-2-3-4-5-6-7-8-9-10;/h7H,4-6H2,1-3H3,(H2,12,13,14,15,16);10H,2-9H2,1H3;/q;;+1/p-1. The second kappa shape index (κ2) is 16.5. The van der Waals surface area contributed by atoms with E-state index in [4.69, 9.17) is 5.11 Å². The third-order valence-corrected chi connectivity index (χ3v) is 5.09. The van der Waals surface area contributed by atoms with Crippen LogP contribution in [-0.4, -0.2) is 29.5 Å². The van der Waals surface area contributed by atoms with Crippen LogP contribution in [0.3, 0.4) is 0 Å². The van der Waals surface area contributed by atoms with Crippen LogP contribution in [0.5, 0.6) is 0 Å². The van der Waals surface area contributed by atoms with Gasteiger partial charge in [0.2, 0.25) is 5.91 Å². The van der Waals surface area contributed by atoms with Crippen molar-refractivity contribution in [2.75, 3.05) is 6.61 Å². The maximum Gasteiger partial charge on any atom is 1.00 e. The molecule has 2 unspecified atom stereocenters. The van der Waals surface area contributed by atoms with E-state index in [1.807, 2.05) is 13.8 Å². The van der Waals surface area contributed by atoms with Crippen LogP contribution in [0.1, 0.15) is 91.9 Å². The Morgan fingerprint density at radius 2 is 1.59 bits per heavy atom. The first-order valence-corrected chi connectivity index (χ1v) is 10.1. The molecule has 2 amide bonds. The van der Waals surface area contributed by atoms with E-state index < -0.39 is 23.3 Å². The average Bonchev–Trinajstić information content (AvgIpc) is 2.59. The van der Waals surface area contributed by atoms with E-state index in [-0.39, 0.29) is 35.5 Å². The summed E-state index contributed by atoms with van der Waals surface area (Å²) < 4.78 is 0. The molecular weight excluding hydrogens is 355 g/mol. The Hall–Kier alpha value is -0.430. The van der Waals surface area contributed by atoms with Crippen LogP contribution in [-0.2, 0) is 9.59 Å². The van der Waals surface area contributed by atoms with Crippen molar-refractivity contribution in [1.29, 1.82) is 0 Å². The van der Waals surface area contributed by atoms with Crippen molar-refractivity contribution in [1.82, 2.24) is 5.32 Å². The molecule has 0 saturated heterocycles. The zero-order valence-electron chi connectivity index (χ0n) is 18.0. The summed E-state index contributed by atoms with van der Waals surface area (Å²) in [6.45, 7) is 8.22. The molecule has 1 aliphatic rings. The maximum absolute atomic E-state index is 11.9. The van der Waals surface area contributed by atoms with Crippen molar-refractivity contribution in [2.45, 2.75) is 91.9 Å². The molecule has 7 heteroatoms. The molecule has 0 aliphatic carbocycles. The van der Waals surface area contributed by atoms with E-state index in [1.54, 1.807) is 6.92 Å². The van der Waals surface area contributed by atoms with Crippen molar-refractivity contribution < 1.29 is 49.4 Å². The van der Waals surface area contributed by atoms with Crippen LogP contribution >= 0.6 is 0 Å². The summed E-state index contributed by atoms with van der Waals surface area (Å²) in [5.41, 5.74) is -1.15. The summed E-state index contributed by atoms with van der Waals surface area (Å²) >= 11 is 0. The number of hydrogen-bond acceptors (Lipinski definition) is 4. The summed E-state index contributed by atoms with van der Waals surface area (Å²) in [5.74, 6) is -1.20. The average molecular weight is 393 g/mol. The number of carbonyl (C=O) groups is 2. The number of amidine groups is 1. The maximum atomic E-state index is 11.9. The van der Waals surface area contributed by atoms with Crippen LogP contribution < -0.4 is 40.0 Å². The first kappa shape index (κ1) is 28.8. The van der Waals surface area contributed by atoms with Gasteiger partial charge in [-0.2, -0.15) is 0 Å². The fourth-order valence-corrected chi connectivity index (χ4v) is 3.37. The smallest absolute Gasteiger partial charge is 0.846 e. The normalized spacial score (nSPS) is 20.0. The van der Waals surface area contributed by atoms with E-state index in [2.05, 4.69) is 17.2 Å². The van der Waals surface area contributed by atoms with E-state index in [1.165, 1.54) is 38.5 Å². The monoisotopic (exact) mass is 392 g/mol. The zero-order valence-corrected chi connectivity index (χ0v) is 20.0. The van der Waals surface area contributed by atoms with Gasteiger partial charge in [-0.25, -0.2) is 4.99 Å². The van der Waals surface area contributed by atoms with Crippen molar-refractivity contribution in [2.24, 2.45) is 16.3 Å². The van der Waals surface area contributed by atoms with Crippen LogP contribution in [0, 0.1) is 11.3 Å². The molecule has 27 heavy (non-hydrogen) atoms. The molecule has 6 nitrogen and oxygen atoms in total. The van der Waals surface area contributed by atoms with Gasteiger partial charge in [0.05, 0.1) is 6.02 Å². The molecule has 2 N–H and O–H groups in total. The van der Waals surface area contributed by atoms with Crippen LogP contribution in [0.25, 0.3) is 0 Å². The molecule has 1 heterocycles. The molecule has 0 saturated carbocycles. The van der Waals surface area contributed by atoms with Gasteiger partial charge in [0.1, 0.15) is 5.41 Å². The summed E-state index contributed by atoms with van der Waals surface area (Å²) in [7, 11) is 0. The number of aliphatic imine (C=N–C) groups is 1. The molecule has 0 spiro atoms. The topological polar surface area (TPSA) is 102 Å². The second-order valence-electron chi connectivity index (χ2n) is 7.04. The number of nitrogens with one attached hydrogen (secondary N) is 1. The molecule has 0 radical (unpaired) electrons. The minimum atomic E-state index is -1.15. The van der Waals surface area contributed by atoms with Gasteiger partial charge in [-0.1, -0.05) is 72.6 Å². The van der Waals surface area contributed by atoms with E-state index in [9.17, 15) is 14.7 Å². The van der Waals surface area contributed by atoms with Gasteiger partial charge in [0.15, 0.2) is 0 Å². The van der Waals surface area contributed by atoms with Crippen LogP contribution in [0.15, 0.2) is 4.99 Å². The first-order valence-electron chi connectivity index (χ1n) is 10.1. The number of amides is 2. The zero-order chi connectivity index (χ0) is 20.0. The van der Waals surface area contributed by atoms with Crippen LogP contribution in [0.4, 0.5) is 0 Å². The minimum Gasteiger partial charge on any atom is -0.846 e. The molecule has 0 bridgehead atoms. The Kier molecular flexibility index (Phi) is 17.6. The molecule has 0 aromatic carbocycles. The third kappa shape index (κ3) is 9.55. The molecule has 2 atom stereocenters. The van der Waals surface area contributed by atoms with Gasteiger partial charge in [-0.15, -0.1) is 0 Å². The van der Waals surface area contributed by atoms with Gasteiger partial charge in [0.25, 0.3) is 5.91 Å². The number of unbranched alkanes of at least 4 members (excludes halogenated alkanes) is 6. The van der Waals surface area contributed by atoms with E-state index in [0.29, 0.717) is 13.0 Å². The predicted molar refractivity (Wildman–Crippen MR) is 102 cm³/mol. The third-order valence-electron chi connectivity index (χ3n) is 5.09. The molecule has 0 aromatic rings. The van der Waals surface area contributed by atoms with Crippen molar-refractivity contribution in [3.63, 3.8) is 0 Å². The van der Waals surface area contributed by atoms with Gasteiger partial charge < -0.3 is 15.5 Å².